The third-order valence-electron chi connectivity index (χ3n) is 5.34. The number of anilines is 2. The Balaban J connectivity index is 0.000000283. The highest BCUT2D eigenvalue weighted by Gasteiger charge is 2.12. The Morgan fingerprint density at radius 3 is 1.51 bits per heavy atom. The van der Waals surface area contributed by atoms with Crippen molar-refractivity contribution in [3.63, 3.8) is 0 Å². The average molecular weight is 553 g/mol. The molecule has 0 aliphatic rings. The van der Waals surface area contributed by atoms with Gasteiger partial charge in [0.1, 0.15) is 6.23 Å². The lowest BCUT2D eigenvalue weighted by Gasteiger charge is -2.29. The fraction of sp³-hybridized carbons (Fsp3) is 0.308. The molecule has 0 aromatic heterocycles. The maximum absolute atomic E-state index is 10.5. The maximum Gasteiger partial charge on any atom is 0.294 e. The second-order valence-electron chi connectivity index (χ2n) is 8.24. The minimum Gasteiger partial charge on any atom is -0.399 e. The first-order valence-corrected chi connectivity index (χ1v) is 14.2. The van der Waals surface area contributed by atoms with Crippen LogP contribution in [0.4, 0.5) is 11.4 Å². The van der Waals surface area contributed by atoms with Crippen LogP contribution in [0.1, 0.15) is 30.5 Å². The normalized spacial score (nSPS) is 11.9. The Kier molecular flexibility index (Phi) is 12.2. The van der Waals surface area contributed by atoms with Crippen molar-refractivity contribution in [2.45, 2.75) is 50.6 Å². The van der Waals surface area contributed by atoms with E-state index in [9.17, 15) is 16.8 Å². The van der Waals surface area contributed by atoms with Gasteiger partial charge in [0.15, 0.2) is 0 Å². The molecule has 3 aromatic rings. The van der Waals surface area contributed by atoms with Gasteiger partial charge in [-0.2, -0.15) is 16.8 Å². The van der Waals surface area contributed by atoms with Crippen LogP contribution in [0.5, 0.6) is 0 Å². The number of nitrogens with zero attached hydrogens (tertiary/aromatic N) is 1. The summed E-state index contributed by atoms with van der Waals surface area (Å²) in [7, 11) is -6.32. The van der Waals surface area contributed by atoms with Gasteiger partial charge in [0.2, 0.25) is 0 Å². The number of hydrogen-bond donors (Lipinski definition) is 3. The SMILES string of the molecule is CCN(c1ccc(N)c(C)c1)C(C)OC.Cc1ccc(S(=O)(=O)O)cc1.Cc1ccc(S(=O)(=O)O)cc1. The van der Waals surface area contributed by atoms with Crippen LogP contribution in [0.25, 0.3) is 0 Å². The number of nitrogen functional groups attached to an aromatic ring is 1. The van der Waals surface area contributed by atoms with E-state index in [0.717, 1.165) is 34.6 Å². The fourth-order valence-corrected chi connectivity index (χ4v) is 4.00. The van der Waals surface area contributed by atoms with E-state index in [0.29, 0.717) is 0 Å². The molecule has 1 atom stereocenters. The zero-order valence-corrected chi connectivity index (χ0v) is 23.5. The summed E-state index contributed by atoms with van der Waals surface area (Å²) in [5.41, 5.74) is 10.8. The van der Waals surface area contributed by atoms with Gasteiger partial charge in [0.25, 0.3) is 20.2 Å². The summed E-state index contributed by atoms with van der Waals surface area (Å²) in [5.74, 6) is 0. The Bertz CT molecular complexity index is 1270. The van der Waals surface area contributed by atoms with Gasteiger partial charge in [-0.05, 0) is 82.6 Å². The predicted molar refractivity (Wildman–Crippen MR) is 147 cm³/mol. The van der Waals surface area contributed by atoms with Crippen LogP contribution in [-0.2, 0) is 25.0 Å². The maximum atomic E-state index is 10.5. The zero-order valence-electron chi connectivity index (χ0n) is 21.9. The van der Waals surface area contributed by atoms with Gasteiger partial charge in [-0.25, -0.2) is 0 Å². The highest BCUT2D eigenvalue weighted by Crippen LogP contribution is 2.22. The molecule has 0 saturated heterocycles. The predicted octanol–water partition coefficient (Wildman–Crippen LogP) is 4.88. The molecule has 0 heterocycles. The van der Waals surface area contributed by atoms with Crippen LogP contribution in [0, 0.1) is 20.8 Å². The van der Waals surface area contributed by atoms with Gasteiger partial charge >= 0.3 is 0 Å². The van der Waals surface area contributed by atoms with Gasteiger partial charge in [-0.15, -0.1) is 0 Å². The van der Waals surface area contributed by atoms with Crippen molar-refractivity contribution in [3.8, 4) is 0 Å². The molecule has 0 fully saturated rings. The van der Waals surface area contributed by atoms with Gasteiger partial charge in [0, 0.05) is 25.0 Å². The molecular weight excluding hydrogens is 516 g/mol. The first-order valence-electron chi connectivity index (χ1n) is 11.3. The van der Waals surface area contributed by atoms with E-state index < -0.39 is 20.2 Å². The van der Waals surface area contributed by atoms with Crippen molar-refractivity contribution < 1.29 is 30.7 Å². The third kappa shape index (κ3) is 10.9. The molecule has 0 radical (unpaired) electrons. The van der Waals surface area contributed by atoms with Crippen molar-refractivity contribution in [2.75, 3.05) is 24.3 Å². The topological polar surface area (TPSA) is 147 Å². The van der Waals surface area contributed by atoms with Crippen molar-refractivity contribution in [1.82, 2.24) is 0 Å². The van der Waals surface area contributed by atoms with E-state index >= 15 is 0 Å². The molecule has 0 bridgehead atoms. The number of methoxy groups -OCH3 is 1. The molecule has 0 amide bonds. The quantitative estimate of drug-likeness (QED) is 0.221. The summed E-state index contributed by atoms with van der Waals surface area (Å²) in [6.07, 6.45) is 0.0815. The van der Waals surface area contributed by atoms with Gasteiger partial charge < -0.3 is 15.4 Å². The lowest BCUT2D eigenvalue weighted by molar-refractivity contribution is 0.115. The van der Waals surface area contributed by atoms with Crippen LogP contribution < -0.4 is 10.6 Å². The van der Waals surface area contributed by atoms with E-state index in [1.807, 2.05) is 39.8 Å². The highest BCUT2D eigenvalue weighted by molar-refractivity contribution is 7.86. The monoisotopic (exact) mass is 552 g/mol. The summed E-state index contributed by atoms with van der Waals surface area (Å²) in [6, 6.07) is 18.0. The van der Waals surface area contributed by atoms with Crippen molar-refractivity contribution in [3.05, 3.63) is 83.4 Å². The van der Waals surface area contributed by atoms with Crippen LogP contribution >= 0.6 is 0 Å². The second kappa shape index (κ2) is 14.1. The Labute approximate surface area is 220 Å². The second-order valence-corrected chi connectivity index (χ2v) is 11.1. The molecule has 4 N–H and O–H groups in total. The lowest BCUT2D eigenvalue weighted by Crippen LogP contribution is -2.34. The molecule has 0 spiro atoms. The summed E-state index contributed by atoms with van der Waals surface area (Å²) in [6.45, 7) is 10.8. The molecule has 11 heteroatoms. The molecule has 204 valence electrons. The van der Waals surface area contributed by atoms with E-state index in [4.69, 9.17) is 19.6 Å². The lowest BCUT2D eigenvalue weighted by atomic mass is 10.1. The van der Waals surface area contributed by atoms with Crippen LogP contribution in [-0.4, -0.2) is 45.8 Å². The zero-order chi connectivity index (χ0) is 28.4. The summed E-state index contributed by atoms with van der Waals surface area (Å²) in [4.78, 5) is 2.05. The number of aryl methyl sites for hydroxylation is 3. The van der Waals surface area contributed by atoms with Crippen molar-refractivity contribution in [2.24, 2.45) is 0 Å². The smallest absolute Gasteiger partial charge is 0.294 e. The molecule has 3 aromatic carbocycles. The minimum atomic E-state index is -4.02. The highest BCUT2D eigenvalue weighted by atomic mass is 32.2. The first kappa shape index (κ1) is 32.1. The number of rotatable bonds is 6. The summed E-state index contributed by atoms with van der Waals surface area (Å²) in [5, 5.41) is 0. The van der Waals surface area contributed by atoms with E-state index in [2.05, 4.69) is 17.9 Å². The van der Waals surface area contributed by atoms with Gasteiger partial charge in [-0.3, -0.25) is 9.11 Å². The number of benzene rings is 3. The third-order valence-corrected chi connectivity index (χ3v) is 7.08. The molecule has 0 aliphatic heterocycles. The van der Waals surface area contributed by atoms with Gasteiger partial charge in [0.05, 0.1) is 9.79 Å². The van der Waals surface area contributed by atoms with E-state index in [1.54, 1.807) is 31.4 Å². The standard InChI is InChI=1S/C12H20N2O.2C7H8O3S/c1-5-14(10(3)15-4)11-6-7-12(13)9(2)8-11;2*1-6-2-4-7(5-3-6)11(8,9)10/h6-8,10H,5,13H2,1-4H3;2*2-5H,1H3,(H,8,9,10). The van der Waals surface area contributed by atoms with E-state index in [1.165, 1.54) is 24.3 Å². The average Bonchev–Trinajstić information content (AvgIpc) is 2.82. The number of ether oxygens (including phenoxy) is 1. The van der Waals surface area contributed by atoms with E-state index in [-0.39, 0.29) is 16.0 Å². The summed E-state index contributed by atoms with van der Waals surface area (Å²) >= 11 is 0. The molecule has 0 saturated carbocycles. The Morgan fingerprint density at radius 2 is 1.22 bits per heavy atom. The summed E-state index contributed by atoms with van der Waals surface area (Å²) < 4.78 is 64.4. The van der Waals surface area contributed by atoms with Crippen LogP contribution in [0.15, 0.2) is 76.5 Å². The molecule has 1 unspecified atom stereocenters. The van der Waals surface area contributed by atoms with Crippen LogP contribution in [0.3, 0.4) is 0 Å². The first-order chi connectivity index (χ1) is 17.1. The molecular formula is C26H36N2O7S2. The van der Waals surface area contributed by atoms with Gasteiger partial charge in [-0.1, -0.05) is 35.4 Å². The molecule has 37 heavy (non-hydrogen) atoms. The molecule has 0 aliphatic carbocycles. The van der Waals surface area contributed by atoms with Crippen molar-refractivity contribution >= 4 is 31.6 Å². The fourth-order valence-electron chi connectivity index (χ4n) is 3.04. The molecule has 9 nitrogen and oxygen atoms in total. The van der Waals surface area contributed by atoms with Crippen molar-refractivity contribution in [1.29, 1.82) is 0 Å². The molecule has 3 rings (SSSR count). The number of hydrogen-bond acceptors (Lipinski definition) is 7. The van der Waals surface area contributed by atoms with Crippen LogP contribution in [0.2, 0.25) is 0 Å². The number of nitrogens with two attached hydrogens (primary N) is 1. The Morgan fingerprint density at radius 1 is 0.811 bits per heavy atom. The largest absolute Gasteiger partial charge is 0.399 e. The minimum absolute atomic E-state index is 0.0666. The Hall–Kier alpha value is -2.96.